The second-order valence-electron chi connectivity index (χ2n) is 4.71. The molecule has 1 N–H and O–H groups in total. The molecule has 2 rings (SSSR count). The van der Waals surface area contributed by atoms with Crippen LogP contribution >= 0.6 is 11.3 Å². The Kier molecular flexibility index (Phi) is 5.30. The van der Waals surface area contributed by atoms with E-state index in [0.29, 0.717) is 6.54 Å². The zero-order valence-corrected chi connectivity index (χ0v) is 12.8. The normalized spacial score (nSPS) is 10.5. The molecule has 0 saturated heterocycles. The van der Waals surface area contributed by atoms with Crippen molar-refractivity contribution in [3.8, 4) is 0 Å². The number of aromatic nitrogens is 1. The number of thiophene rings is 1. The lowest BCUT2D eigenvalue weighted by Gasteiger charge is -2.02. The van der Waals surface area contributed by atoms with Gasteiger partial charge in [0.05, 0.1) is 4.88 Å². The van der Waals surface area contributed by atoms with E-state index in [0.717, 1.165) is 29.7 Å². The molecular weight excluding hydrogens is 268 g/mol. The molecule has 0 aliphatic rings. The maximum atomic E-state index is 12.2. The van der Waals surface area contributed by atoms with Crippen LogP contribution in [0.4, 0.5) is 0 Å². The Morgan fingerprint density at radius 2 is 2.25 bits per heavy atom. The Hall–Kier alpha value is -1.68. The van der Waals surface area contributed by atoms with Crippen LogP contribution in [0.1, 0.15) is 45.9 Å². The maximum absolute atomic E-state index is 12.2. The number of hydrogen-bond donors (Lipinski definition) is 1. The van der Waals surface area contributed by atoms with E-state index in [4.69, 9.17) is 0 Å². The van der Waals surface area contributed by atoms with Crippen molar-refractivity contribution >= 4 is 17.2 Å². The molecule has 0 aromatic carbocycles. The largest absolute Gasteiger partial charge is 0.347 e. The van der Waals surface area contributed by atoms with Gasteiger partial charge >= 0.3 is 0 Å². The highest BCUT2D eigenvalue weighted by Gasteiger charge is 2.13. The summed E-state index contributed by atoms with van der Waals surface area (Å²) in [7, 11) is 0. The quantitative estimate of drug-likeness (QED) is 0.882. The molecule has 106 valence electrons. The van der Waals surface area contributed by atoms with Crippen LogP contribution in [0.2, 0.25) is 0 Å². The zero-order chi connectivity index (χ0) is 14.4. The van der Waals surface area contributed by atoms with Gasteiger partial charge in [0.25, 0.3) is 5.91 Å². The first-order chi connectivity index (χ1) is 9.74. The molecule has 0 spiro atoms. The monoisotopic (exact) mass is 288 g/mol. The van der Waals surface area contributed by atoms with Crippen LogP contribution in [0, 0.1) is 0 Å². The third kappa shape index (κ3) is 3.67. The number of amides is 1. The molecule has 0 bridgehead atoms. The van der Waals surface area contributed by atoms with E-state index in [9.17, 15) is 4.79 Å². The van der Waals surface area contributed by atoms with Gasteiger partial charge in [-0.05, 0) is 36.1 Å². The summed E-state index contributed by atoms with van der Waals surface area (Å²) in [4.78, 5) is 18.4. The van der Waals surface area contributed by atoms with Crippen LogP contribution in [0.15, 0.2) is 30.6 Å². The predicted octanol–water partition coefficient (Wildman–Crippen LogP) is 3.59. The Bertz CT molecular complexity index is 563. The molecule has 0 fully saturated rings. The minimum Gasteiger partial charge on any atom is -0.347 e. The van der Waals surface area contributed by atoms with Gasteiger partial charge in [-0.1, -0.05) is 26.3 Å². The number of pyridine rings is 1. The number of nitrogens with one attached hydrogen (secondary N) is 1. The summed E-state index contributed by atoms with van der Waals surface area (Å²) in [5, 5.41) is 2.95. The Labute approximate surface area is 124 Å². The number of hydrogen-bond acceptors (Lipinski definition) is 3. The number of nitrogens with zero attached hydrogens (tertiary/aromatic N) is 1. The average Bonchev–Trinajstić information content (AvgIpc) is 2.89. The lowest BCUT2D eigenvalue weighted by Crippen LogP contribution is -2.21. The fraction of sp³-hybridized carbons (Fsp3) is 0.375. The van der Waals surface area contributed by atoms with Crippen molar-refractivity contribution in [3.05, 3.63) is 51.5 Å². The number of aryl methyl sites for hydroxylation is 2. The molecule has 0 radical (unpaired) electrons. The Balaban J connectivity index is 2.02. The molecule has 2 heterocycles. The van der Waals surface area contributed by atoms with E-state index in [1.165, 1.54) is 10.4 Å². The summed E-state index contributed by atoms with van der Waals surface area (Å²) in [5.74, 6) is 0.0101. The molecule has 2 aromatic heterocycles. The second kappa shape index (κ2) is 7.20. The highest BCUT2D eigenvalue weighted by atomic mass is 32.1. The summed E-state index contributed by atoms with van der Waals surface area (Å²) in [5.41, 5.74) is 2.32. The second-order valence-corrected chi connectivity index (χ2v) is 5.84. The van der Waals surface area contributed by atoms with Crippen LogP contribution < -0.4 is 5.32 Å². The fourth-order valence-corrected chi connectivity index (χ4v) is 3.36. The molecule has 4 heteroatoms. The van der Waals surface area contributed by atoms with E-state index in [2.05, 4.69) is 24.1 Å². The Morgan fingerprint density at radius 3 is 2.90 bits per heavy atom. The van der Waals surface area contributed by atoms with Crippen molar-refractivity contribution in [3.63, 3.8) is 0 Å². The fourth-order valence-electron chi connectivity index (χ4n) is 2.09. The van der Waals surface area contributed by atoms with Gasteiger partial charge in [0.15, 0.2) is 0 Å². The summed E-state index contributed by atoms with van der Waals surface area (Å²) >= 11 is 1.62. The zero-order valence-electron chi connectivity index (χ0n) is 12.0. The summed E-state index contributed by atoms with van der Waals surface area (Å²) in [6.07, 6.45) is 6.67. The molecular formula is C16H20N2OS. The van der Waals surface area contributed by atoms with E-state index in [1.807, 2.05) is 18.2 Å². The molecule has 2 aromatic rings. The summed E-state index contributed by atoms with van der Waals surface area (Å²) in [6.45, 7) is 4.83. The van der Waals surface area contributed by atoms with Gasteiger partial charge in [0.2, 0.25) is 0 Å². The van der Waals surface area contributed by atoms with Crippen LogP contribution in [-0.4, -0.2) is 10.9 Å². The lowest BCUT2D eigenvalue weighted by atomic mass is 10.1. The van der Waals surface area contributed by atoms with Gasteiger partial charge in [-0.2, -0.15) is 0 Å². The molecule has 3 nitrogen and oxygen atoms in total. The number of carbonyl (C=O) groups excluding carboxylic acids is 1. The lowest BCUT2D eigenvalue weighted by molar-refractivity contribution is 0.0955. The van der Waals surface area contributed by atoms with Crippen molar-refractivity contribution in [1.82, 2.24) is 10.3 Å². The topological polar surface area (TPSA) is 42.0 Å². The van der Waals surface area contributed by atoms with Gasteiger partial charge in [-0.25, -0.2) is 0 Å². The van der Waals surface area contributed by atoms with Crippen molar-refractivity contribution < 1.29 is 4.79 Å². The van der Waals surface area contributed by atoms with Crippen molar-refractivity contribution in [1.29, 1.82) is 0 Å². The van der Waals surface area contributed by atoms with Crippen LogP contribution in [0.5, 0.6) is 0 Å². The summed E-state index contributed by atoms with van der Waals surface area (Å²) in [6, 6.07) is 5.87. The van der Waals surface area contributed by atoms with Crippen molar-refractivity contribution in [2.24, 2.45) is 0 Å². The van der Waals surface area contributed by atoms with E-state index in [-0.39, 0.29) is 5.91 Å². The van der Waals surface area contributed by atoms with Crippen LogP contribution in [0.25, 0.3) is 0 Å². The van der Waals surface area contributed by atoms with E-state index < -0.39 is 0 Å². The predicted molar refractivity (Wildman–Crippen MR) is 83.1 cm³/mol. The smallest absolute Gasteiger partial charge is 0.261 e. The highest BCUT2D eigenvalue weighted by molar-refractivity contribution is 7.14. The first-order valence-electron chi connectivity index (χ1n) is 7.03. The van der Waals surface area contributed by atoms with Gasteiger partial charge in [-0.3, -0.25) is 9.78 Å². The summed E-state index contributed by atoms with van der Waals surface area (Å²) < 4.78 is 0. The van der Waals surface area contributed by atoms with Crippen LogP contribution in [0.3, 0.4) is 0 Å². The SMILES string of the molecule is CCCc1sc(C(=O)NCc2cccnc2)cc1CC. The minimum atomic E-state index is 0.0101. The Morgan fingerprint density at radius 1 is 1.40 bits per heavy atom. The third-order valence-corrected chi connectivity index (χ3v) is 4.39. The average molecular weight is 288 g/mol. The van der Waals surface area contributed by atoms with Gasteiger partial charge in [-0.15, -0.1) is 11.3 Å². The first-order valence-corrected chi connectivity index (χ1v) is 7.85. The van der Waals surface area contributed by atoms with Gasteiger partial charge in [0.1, 0.15) is 0 Å². The highest BCUT2D eigenvalue weighted by Crippen LogP contribution is 2.24. The van der Waals surface area contributed by atoms with E-state index in [1.54, 1.807) is 23.7 Å². The van der Waals surface area contributed by atoms with Gasteiger partial charge < -0.3 is 5.32 Å². The third-order valence-electron chi connectivity index (χ3n) is 3.15. The van der Waals surface area contributed by atoms with E-state index >= 15 is 0 Å². The maximum Gasteiger partial charge on any atom is 0.261 e. The van der Waals surface area contributed by atoms with Gasteiger partial charge in [0, 0.05) is 23.8 Å². The molecule has 0 aliphatic heterocycles. The molecule has 0 atom stereocenters. The van der Waals surface area contributed by atoms with Crippen molar-refractivity contribution in [2.45, 2.75) is 39.7 Å². The first kappa shape index (κ1) is 14.7. The molecule has 0 unspecified atom stereocenters. The molecule has 1 amide bonds. The number of carbonyl (C=O) groups is 1. The molecule has 0 saturated carbocycles. The van der Waals surface area contributed by atoms with Crippen LogP contribution in [-0.2, 0) is 19.4 Å². The van der Waals surface area contributed by atoms with Crippen molar-refractivity contribution in [2.75, 3.05) is 0 Å². The molecule has 0 aliphatic carbocycles. The minimum absolute atomic E-state index is 0.0101. The number of rotatable bonds is 6. The standard InChI is InChI=1S/C16H20N2OS/c1-3-6-14-13(4-2)9-15(20-14)16(19)18-11-12-7-5-8-17-10-12/h5,7-10H,3-4,6,11H2,1-2H3,(H,18,19). The molecule has 20 heavy (non-hydrogen) atoms.